The monoisotopic (exact) mass is 578 g/mol. The van der Waals surface area contributed by atoms with Gasteiger partial charge >= 0.3 is 0 Å². The molecule has 5 unspecified atom stereocenters. The van der Waals surface area contributed by atoms with E-state index in [9.17, 15) is 36.9 Å². The quantitative estimate of drug-likeness (QED) is 0.294. The molecular formula is C26H25F3N4O6S. The molecule has 4 aromatic rings. The minimum atomic E-state index is -4.41. The first kappa shape index (κ1) is 28.0. The molecular weight excluding hydrogens is 553 g/mol. The molecule has 0 amide bonds. The lowest BCUT2D eigenvalue weighted by molar-refractivity contribution is -0.180. The van der Waals surface area contributed by atoms with Gasteiger partial charge in [-0.25, -0.2) is 26.3 Å². The maximum Gasteiger partial charge on any atom is 0.207 e. The van der Waals surface area contributed by atoms with Gasteiger partial charge in [0.2, 0.25) is 9.84 Å². The van der Waals surface area contributed by atoms with E-state index in [4.69, 9.17) is 4.74 Å². The molecule has 2 heterocycles. The summed E-state index contributed by atoms with van der Waals surface area (Å²) >= 11 is 0. The second-order valence-corrected chi connectivity index (χ2v) is 11.7. The van der Waals surface area contributed by atoms with Crippen LogP contribution in [0.3, 0.4) is 0 Å². The Morgan fingerprint density at radius 3 is 2.38 bits per heavy atom. The lowest BCUT2D eigenvalue weighted by atomic mass is 9.97. The van der Waals surface area contributed by atoms with Crippen molar-refractivity contribution in [1.29, 1.82) is 0 Å². The van der Waals surface area contributed by atoms with Crippen molar-refractivity contribution in [2.45, 2.75) is 34.7 Å². The summed E-state index contributed by atoms with van der Waals surface area (Å²) in [5, 5.41) is 40.8. The number of fused-ring (bicyclic) bond motifs is 1. The summed E-state index contributed by atoms with van der Waals surface area (Å²) in [6.45, 7) is -0.795. The highest BCUT2D eigenvalue weighted by atomic mass is 32.2. The van der Waals surface area contributed by atoms with E-state index in [1.54, 1.807) is 18.2 Å². The third-order valence-corrected chi connectivity index (χ3v) is 8.80. The molecule has 0 radical (unpaired) electrons. The third kappa shape index (κ3) is 4.71. The van der Waals surface area contributed by atoms with Gasteiger partial charge < -0.3 is 25.0 Å². The van der Waals surface area contributed by atoms with E-state index >= 15 is 0 Å². The molecule has 1 aliphatic rings. The van der Waals surface area contributed by atoms with Crippen LogP contribution < -0.4 is 4.90 Å². The Morgan fingerprint density at radius 2 is 1.73 bits per heavy atom. The fourth-order valence-corrected chi connectivity index (χ4v) is 6.48. The molecule has 3 aromatic carbocycles. The summed E-state index contributed by atoms with van der Waals surface area (Å²) in [4.78, 5) is 1.71. The van der Waals surface area contributed by atoms with E-state index in [0.29, 0.717) is 17.5 Å². The van der Waals surface area contributed by atoms with Crippen LogP contribution in [-0.2, 0) is 14.6 Å². The fraction of sp³-hybridized carbons (Fsp3) is 0.308. The maximum absolute atomic E-state index is 13.7. The molecule has 1 aromatic heterocycles. The lowest BCUT2D eigenvalue weighted by Gasteiger charge is -2.41. The second-order valence-electron chi connectivity index (χ2n) is 9.63. The molecule has 1 saturated heterocycles. The number of benzene rings is 3. The highest BCUT2D eigenvalue weighted by Crippen LogP contribution is 2.37. The molecule has 10 nitrogen and oxygen atoms in total. The highest BCUT2D eigenvalue weighted by molar-refractivity contribution is 7.92. The number of rotatable bonds is 6. The van der Waals surface area contributed by atoms with Gasteiger partial charge in [0.1, 0.15) is 30.0 Å². The molecule has 5 rings (SSSR count). The molecule has 0 saturated carbocycles. The number of sulfone groups is 1. The predicted octanol–water partition coefficient (Wildman–Crippen LogP) is 2.04. The average molecular weight is 579 g/mol. The van der Waals surface area contributed by atoms with Crippen LogP contribution in [0, 0.1) is 17.5 Å². The summed E-state index contributed by atoms with van der Waals surface area (Å²) < 4.78 is 74.7. The number of halogens is 3. The summed E-state index contributed by atoms with van der Waals surface area (Å²) in [6.07, 6.45) is -3.90. The molecule has 212 valence electrons. The zero-order chi connectivity index (χ0) is 28.9. The van der Waals surface area contributed by atoms with Crippen molar-refractivity contribution in [3.8, 4) is 11.3 Å². The van der Waals surface area contributed by atoms with Gasteiger partial charge in [0.05, 0.1) is 17.7 Å². The number of hydrogen-bond donors (Lipinski definition) is 3. The highest BCUT2D eigenvalue weighted by Gasteiger charge is 2.51. The van der Waals surface area contributed by atoms with Gasteiger partial charge in [0.25, 0.3) is 0 Å². The van der Waals surface area contributed by atoms with Gasteiger partial charge in [-0.2, -0.15) is 0 Å². The van der Waals surface area contributed by atoms with Crippen LogP contribution in [0.5, 0.6) is 0 Å². The standard InChI is InChI=1S/C26H25F3N4O6S/c1-32(2)20-5-3-4-13-8-15(6-7-16(13)20)40(37,38)26-25(36)23(24(35)21(12-34)39-26)33-11-19(30-31-33)14-9-17(27)22(29)18(28)10-14/h3-11,21,23-26,34-36H,12H2,1-2H3. The summed E-state index contributed by atoms with van der Waals surface area (Å²) in [5.74, 6) is -4.59. The molecule has 0 bridgehead atoms. The number of aliphatic hydroxyl groups is 3. The minimum Gasteiger partial charge on any atom is -0.394 e. The van der Waals surface area contributed by atoms with E-state index < -0.39 is 63.7 Å². The van der Waals surface area contributed by atoms with Crippen molar-refractivity contribution < 1.29 is 41.6 Å². The molecule has 3 N–H and O–H groups in total. The van der Waals surface area contributed by atoms with Crippen LogP contribution in [0.15, 0.2) is 59.6 Å². The zero-order valence-electron chi connectivity index (χ0n) is 21.2. The SMILES string of the molecule is CN(C)c1cccc2cc(S(=O)(=O)C3OC(CO)C(O)C(n4cc(-c5cc(F)c(F)c(F)c5)nn4)C3O)ccc12. The Hall–Kier alpha value is -3.56. The van der Waals surface area contributed by atoms with Gasteiger partial charge in [-0.3, -0.25) is 0 Å². The van der Waals surface area contributed by atoms with Crippen LogP contribution in [0.25, 0.3) is 22.0 Å². The predicted molar refractivity (Wildman–Crippen MR) is 138 cm³/mol. The normalized spacial score (nSPS) is 23.4. The van der Waals surface area contributed by atoms with E-state index in [-0.39, 0.29) is 16.2 Å². The first-order chi connectivity index (χ1) is 18.9. The Morgan fingerprint density at radius 1 is 1.02 bits per heavy atom. The fourth-order valence-electron chi connectivity index (χ4n) is 4.84. The van der Waals surface area contributed by atoms with E-state index in [0.717, 1.165) is 22.0 Å². The Labute approximate surface area is 226 Å². The zero-order valence-corrected chi connectivity index (χ0v) is 22.0. The van der Waals surface area contributed by atoms with Crippen molar-refractivity contribution in [3.63, 3.8) is 0 Å². The van der Waals surface area contributed by atoms with Gasteiger partial charge in [0.15, 0.2) is 22.9 Å². The second kappa shape index (κ2) is 10.4. The average Bonchev–Trinajstić information content (AvgIpc) is 3.40. The maximum atomic E-state index is 13.7. The number of nitrogens with zero attached hydrogens (tertiary/aromatic N) is 4. The molecule has 1 aliphatic heterocycles. The van der Waals surface area contributed by atoms with Crippen molar-refractivity contribution in [2.75, 3.05) is 25.6 Å². The van der Waals surface area contributed by atoms with Gasteiger partial charge in [-0.05, 0) is 35.7 Å². The molecule has 14 heteroatoms. The molecule has 0 aliphatic carbocycles. The molecule has 5 atom stereocenters. The smallest absolute Gasteiger partial charge is 0.207 e. The van der Waals surface area contributed by atoms with Crippen molar-refractivity contribution >= 4 is 26.3 Å². The molecule has 0 spiro atoms. The molecule has 40 heavy (non-hydrogen) atoms. The Balaban J connectivity index is 1.52. The van der Waals surface area contributed by atoms with Crippen LogP contribution in [-0.4, -0.2) is 83.2 Å². The summed E-state index contributed by atoms with van der Waals surface area (Å²) in [5.41, 5.74) is -1.40. The van der Waals surface area contributed by atoms with E-state index in [1.807, 2.05) is 25.1 Å². The summed E-state index contributed by atoms with van der Waals surface area (Å²) in [6, 6.07) is 9.71. The minimum absolute atomic E-state index is 0.144. The van der Waals surface area contributed by atoms with Gasteiger partial charge in [-0.1, -0.05) is 23.4 Å². The van der Waals surface area contributed by atoms with Gasteiger partial charge in [0, 0.05) is 30.7 Å². The van der Waals surface area contributed by atoms with Gasteiger partial charge in [-0.15, -0.1) is 5.10 Å². The first-order valence-electron chi connectivity index (χ1n) is 12.1. The number of aromatic nitrogens is 3. The number of hydrogen-bond acceptors (Lipinski definition) is 9. The van der Waals surface area contributed by atoms with Crippen LogP contribution in [0.4, 0.5) is 18.9 Å². The first-order valence-corrected chi connectivity index (χ1v) is 13.6. The summed E-state index contributed by atoms with van der Waals surface area (Å²) in [7, 11) is -0.711. The van der Waals surface area contributed by atoms with Crippen LogP contribution in [0.2, 0.25) is 0 Å². The van der Waals surface area contributed by atoms with Crippen LogP contribution in [0.1, 0.15) is 6.04 Å². The third-order valence-electron chi connectivity index (χ3n) is 6.89. The van der Waals surface area contributed by atoms with E-state index in [2.05, 4.69) is 10.3 Å². The lowest BCUT2D eigenvalue weighted by Crippen LogP contribution is -2.58. The Bertz CT molecular complexity index is 1660. The van der Waals surface area contributed by atoms with Crippen LogP contribution >= 0.6 is 0 Å². The topological polar surface area (TPSA) is 138 Å². The van der Waals surface area contributed by atoms with Crippen molar-refractivity contribution in [3.05, 3.63) is 72.2 Å². The number of anilines is 1. The number of ether oxygens (including phenoxy) is 1. The van der Waals surface area contributed by atoms with E-state index in [1.165, 1.54) is 12.1 Å². The largest absolute Gasteiger partial charge is 0.394 e. The van der Waals surface area contributed by atoms with Crippen molar-refractivity contribution in [2.24, 2.45) is 0 Å². The number of aliphatic hydroxyl groups excluding tert-OH is 3. The Kier molecular flexibility index (Phi) is 7.31. The van der Waals surface area contributed by atoms with Crippen molar-refractivity contribution in [1.82, 2.24) is 15.0 Å². The molecule has 1 fully saturated rings.